The highest BCUT2D eigenvalue weighted by Crippen LogP contribution is 2.39. The Labute approximate surface area is 178 Å². The molecule has 0 nitrogen and oxygen atoms in total. The first-order valence-corrected chi connectivity index (χ1v) is 10.2. The molecule has 31 heavy (non-hydrogen) atoms. The largest absolute Gasteiger partial charge is 0.458 e. The highest BCUT2D eigenvalue weighted by atomic mass is 19.4. The van der Waals surface area contributed by atoms with Crippen molar-refractivity contribution in [1.82, 2.24) is 0 Å². The van der Waals surface area contributed by atoms with Gasteiger partial charge in [0.1, 0.15) is 17.5 Å². The van der Waals surface area contributed by atoms with Crippen LogP contribution in [0.2, 0.25) is 0 Å². The Bertz CT molecular complexity index is 978. The molecule has 2 aromatic carbocycles. The molecule has 1 aliphatic rings. The van der Waals surface area contributed by atoms with Crippen LogP contribution in [0.5, 0.6) is 0 Å². The fourth-order valence-corrected chi connectivity index (χ4v) is 4.14. The van der Waals surface area contributed by atoms with Crippen LogP contribution in [0.15, 0.2) is 43.0 Å². The van der Waals surface area contributed by atoms with Gasteiger partial charge in [-0.2, -0.15) is 13.2 Å². The molecule has 0 unspecified atom stereocenters. The second-order valence-corrected chi connectivity index (χ2v) is 7.89. The summed E-state index contributed by atoms with van der Waals surface area (Å²) in [5.74, 6) is 0.0210. The van der Waals surface area contributed by atoms with Gasteiger partial charge in [-0.3, -0.25) is 0 Å². The van der Waals surface area contributed by atoms with Gasteiger partial charge in [-0.25, -0.2) is 13.2 Å². The van der Waals surface area contributed by atoms with Crippen LogP contribution >= 0.6 is 0 Å². The molecule has 0 aromatic heterocycles. The van der Waals surface area contributed by atoms with E-state index in [4.69, 9.17) is 0 Å². The van der Waals surface area contributed by atoms with Crippen molar-refractivity contribution in [1.29, 1.82) is 0 Å². The number of benzene rings is 2. The number of halogens is 6. The molecule has 1 saturated carbocycles. The van der Waals surface area contributed by atoms with Gasteiger partial charge in [0.2, 0.25) is 0 Å². The third-order valence-corrected chi connectivity index (χ3v) is 5.77. The minimum atomic E-state index is -4.87. The minimum Gasteiger partial charge on any atom is -0.206 e. The monoisotopic (exact) mass is 436 g/mol. The van der Waals surface area contributed by atoms with Crippen LogP contribution < -0.4 is 0 Å². The average Bonchev–Trinajstić information content (AvgIpc) is 2.71. The normalized spacial score (nSPS) is 18.9. The first-order chi connectivity index (χ1) is 14.7. The van der Waals surface area contributed by atoms with Gasteiger partial charge in [0.25, 0.3) is 0 Å². The van der Waals surface area contributed by atoms with Crippen molar-refractivity contribution in [3.8, 4) is 23.0 Å². The van der Waals surface area contributed by atoms with E-state index in [0.717, 1.165) is 62.1 Å². The van der Waals surface area contributed by atoms with Crippen LogP contribution in [0.1, 0.15) is 55.6 Å². The number of allylic oxidation sites excluding steroid dienone is 1. The fourth-order valence-electron chi connectivity index (χ4n) is 4.14. The SMILES string of the molecule is C=CCCC1CCC(c2ccc(-c3cc(F)c(C#CC(F)(F)F)c(F)c3)c(F)c2)CC1. The van der Waals surface area contributed by atoms with Gasteiger partial charge in [0, 0.05) is 11.5 Å². The van der Waals surface area contributed by atoms with E-state index in [9.17, 15) is 26.3 Å². The lowest BCUT2D eigenvalue weighted by atomic mass is 9.77. The molecular formula is C25H22F6. The van der Waals surface area contributed by atoms with Gasteiger partial charge in [-0.15, -0.1) is 6.58 Å². The first-order valence-electron chi connectivity index (χ1n) is 10.2. The van der Waals surface area contributed by atoms with Crippen molar-refractivity contribution in [3.63, 3.8) is 0 Å². The quantitative estimate of drug-likeness (QED) is 0.254. The number of rotatable bonds is 5. The van der Waals surface area contributed by atoms with Crippen LogP contribution in [-0.4, -0.2) is 6.18 Å². The second-order valence-electron chi connectivity index (χ2n) is 7.89. The molecule has 0 bridgehead atoms. The van der Waals surface area contributed by atoms with Gasteiger partial charge >= 0.3 is 6.18 Å². The zero-order valence-electron chi connectivity index (χ0n) is 16.8. The van der Waals surface area contributed by atoms with Gasteiger partial charge < -0.3 is 0 Å². The van der Waals surface area contributed by atoms with Crippen LogP contribution in [-0.2, 0) is 0 Å². The van der Waals surface area contributed by atoms with E-state index in [2.05, 4.69) is 6.58 Å². The summed E-state index contributed by atoms with van der Waals surface area (Å²) in [6, 6.07) is 6.19. The van der Waals surface area contributed by atoms with E-state index in [-0.39, 0.29) is 17.0 Å². The summed E-state index contributed by atoms with van der Waals surface area (Å²) in [7, 11) is 0. The molecule has 0 heterocycles. The topological polar surface area (TPSA) is 0 Å². The second kappa shape index (κ2) is 9.64. The van der Waals surface area contributed by atoms with Crippen molar-refractivity contribution < 1.29 is 26.3 Å². The van der Waals surface area contributed by atoms with Crippen molar-refractivity contribution >= 4 is 0 Å². The highest BCUT2D eigenvalue weighted by Gasteiger charge is 2.25. The molecule has 1 fully saturated rings. The van der Waals surface area contributed by atoms with Crippen LogP contribution in [0.25, 0.3) is 11.1 Å². The van der Waals surface area contributed by atoms with E-state index in [1.165, 1.54) is 18.1 Å². The molecule has 0 spiro atoms. The van der Waals surface area contributed by atoms with E-state index in [1.54, 1.807) is 6.07 Å². The molecule has 0 N–H and O–H groups in total. The molecular weight excluding hydrogens is 414 g/mol. The lowest BCUT2D eigenvalue weighted by Gasteiger charge is -2.28. The fraction of sp³-hybridized carbons (Fsp3) is 0.360. The molecule has 0 atom stereocenters. The van der Waals surface area contributed by atoms with Gasteiger partial charge in [-0.1, -0.05) is 24.1 Å². The van der Waals surface area contributed by atoms with Crippen LogP contribution in [0.4, 0.5) is 26.3 Å². The van der Waals surface area contributed by atoms with Crippen LogP contribution in [0, 0.1) is 35.2 Å². The zero-order valence-corrected chi connectivity index (χ0v) is 16.8. The maximum Gasteiger partial charge on any atom is 0.458 e. The minimum absolute atomic E-state index is 0.0171. The molecule has 2 aromatic rings. The summed E-state index contributed by atoms with van der Waals surface area (Å²) in [5, 5.41) is 0. The lowest BCUT2D eigenvalue weighted by Crippen LogP contribution is -2.13. The Balaban J connectivity index is 1.79. The maximum absolute atomic E-state index is 14.8. The molecule has 0 radical (unpaired) electrons. The summed E-state index contributed by atoms with van der Waals surface area (Å²) >= 11 is 0. The predicted octanol–water partition coefficient (Wildman–Crippen LogP) is 7.92. The molecule has 0 aliphatic heterocycles. The summed E-state index contributed by atoms with van der Waals surface area (Å²) in [6.45, 7) is 3.74. The zero-order chi connectivity index (χ0) is 22.6. The summed E-state index contributed by atoms with van der Waals surface area (Å²) in [6.07, 6.45) is 3.20. The third-order valence-electron chi connectivity index (χ3n) is 5.77. The Kier molecular flexibility index (Phi) is 7.15. The van der Waals surface area contributed by atoms with Crippen molar-refractivity contribution in [2.75, 3.05) is 0 Å². The Morgan fingerprint density at radius 2 is 1.58 bits per heavy atom. The van der Waals surface area contributed by atoms with E-state index >= 15 is 0 Å². The van der Waals surface area contributed by atoms with Crippen LogP contribution in [0.3, 0.4) is 0 Å². The summed E-state index contributed by atoms with van der Waals surface area (Å²) in [4.78, 5) is 0. The number of hydrogen-bond acceptors (Lipinski definition) is 0. The molecule has 3 rings (SSSR count). The van der Waals surface area contributed by atoms with E-state index in [0.29, 0.717) is 5.92 Å². The standard InChI is InChI=1S/C25H22F6/c1-2-3-4-16-5-7-17(8-6-16)18-9-10-20(22(26)13-18)19-14-23(27)21(24(28)15-19)11-12-25(29,30)31/h2,9-10,13-17H,1,3-8H2. The van der Waals surface area contributed by atoms with Crippen molar-refractivity contribution in [2.45, 2.75) is 50.6 Å². The molecule has 1 aliphatic carbocycles. The maximum atomic E-state index is 14.8. The number of alkyl halides is 3. The lowest BCUT2D eigenvalue weighted by molar-refractivity contribution is -0.0696. The Hall–Kier alpha value is -2.68. The van der Waals surface area contributed by atoms with Gasteiger partial charge in [0.15, 0.2) is 0 Å². The third kappa shape index (κ3) is 5.94. The molecule has 164 valence electrons. The predicted molar refractivity (Wildman–Crippen MR) is 109 cm³/mol. The Morgan fingerprint density at radius 1 is 0.935 bits per heavy atom. The van der Waals surface area contributed by atoms with Gasteiger partial charge in [-0.05, 0) is 79.7 Å². The van der Waals surface area contributed by atoms with E-state index < -0.39 is 29.2 Å². The summed E-state index contributed by atoms with van der Waals surface area (Å²) in [5.41, 5.74) is -0.260. The van der Waals surface area contributed by atoms with Crippen molar-refractivity contribution in [2.24, 2.45) is 5.92 Å². The molecule has 0 amide bonds. The first kappa shape index (κ1) is 23.0. The van der Waals surface area contributed by atoms with E-state index in [1.807, 2.05) is 6.08 Å². The Morgan fingerprint density at radius 3 is 2.13 bits per heavy atom. The summed E-state index contributed by atoms with van der Waals surface area (Å²) < 4.78 is 79.7. The highest BCUT2D eigenvalue weighted by molar-refractivity contribution is 5.66. The smallest absolute Gasteiger partial charge is 0.206 e. The average molecular weight is 436 g/mol. The molecule has 0 saturated heterocycles. The molecule has 6 heteroatoms. The number of hydrogen-bond donors (Lipinski definition) is 0. The van der Waals surface area contributed by atoms with Gasteiger partial charge in [0.05, 0.1) is 5.56 Å². The van der Waals surface area contributed by atoms with Crippen molar-refractivity contribution in [3.05, 3.63) is 71.6 Å².